The molecule has 4 heteroatoms. The minimum absolute atomic E-state index is 0.349. The van der Waals surface area contributed by atoms with E-state index in [2.05, 4.69) is 23.3 Å². The van der Waals surface area contributed by atoms with Crippen LogP contribution in [-0.2, 0) is 6.42 Å². The molecule has 0 amide bonds. The van der Waals surface area contributed by atoms with E-state index >= 15 is 0 Å². The second-order valence-corrected chi connectivity index (χ2v) is 4.19. The maximum atomic E-state index is 8.90. The Morgan fingerprint density at radius 1 is 1.39 bits per heavy atom. The van der Waals surface area contributed by atoms with Gasteiger partial charge >= 0.3 is 0 Å². The molecule has 2 rings (SSSR count). The molecular formula is C14H12ClN3. The molecule has 1 N–H and O–H groups in total. The highest BCUT2D eigenvalue weighted by Gasteiger charge is 2.07. The average Bonchev–Trinajstić information content (AvgIpc) is 2.41. The molecule has 90 valence electrons. The first kappa shape index (κ1) is 12.4. The van der Waals surface area contributed by atoms with Gasteiger partial charge in [0, 0.05) is 11.9 Å². The first-order valence-electron chi connectivity index (χ1n) is 5.65. The molecule has 0 radical (unpaired) electrons. The molecule has 0 bridgehead atoms. The number of hydrogen-bond acceptors (Lipinski definition) is 3. The molecule has 3 nitrogen and oxygen atoms in total. The van der Waals surface area contributed by atoms with Crippen molar-refractivity contribution in [3.63, 3.8) is 0 Å². The summed E-state index contributed by atoms with van der Waals surface area (Å²) in [5, 5.41) is 12.4. The van der Waals surface area contributed by atoms with Gasteiger partial charge in [0.1, 0.15) is 11.1 Å². The van der Waals surface area contributed by atoms with Gasteiger partial charge in [-0.3, -0.25) is 0 Å². The Morgan fingerprint density at radius 2 is 2.22 bits per heavy atom. The van der Waals surface area contributed by atoms with Crippen molar-refractivity contribution < 1.29 is 0 Å². The van der Waals surface area contributed by atoms with Crippen LogP contribution < -0.4 is 5.32 Å². The van der Waals surface area contributed by atoms with Crippen molar-refractivity contribution in [3.8, 4) is 6.07 Å². The summed E-state index contributed by atoms with van der Waals surface area (Å²) in [6.07, 6.45) is 2.53. The fraction of sp³-hybridized carbons (Fsp3) is 0.143. The lowest BCUT2D eigenvalue weighted by atomic mass is 10.1. The number of hydrogen-bond donors (Lipinski definition) is 1. The van der Waals surface area contributed by atoms with Crippen molar-refractivity contribution in [3.05, 3.63) is 52.7 Å². The Hall–Kier alpha value is -2.05. The number of aromatic nitrogens is 1. The molecule has 1 aromatic carbocycles. The smallest absolute Gasteiger partial charge is 0.150 e. The van der Waals surface area contributed by atoms with E-state index in [4.69, 9.17) is 16.9 Å². The van der Waals surface area contributed by atoms with Crippen LogP contribution in [0.4, 0.5) is 11.5 Å². The number of benzene rings is 1. The number of aryl methyl sites for hydroxylation is 1. The van der Waals surface area contributed by atoms with Crippen LogP contribution in [0, 0.1) is 11.3 Å². The molecule has 1 aromatic heterocycles. The predicted octanol–water partition coefficient (Wildman–Crippen LogP) is 3.91. The van der Waals surface area contributed by atoms with Gasteiger partial charge in [0.15, 0.2) is 5.82 Å². The van der Waals surface area contributed by atoms with Crippen LogP contribution in [0.2, 0.25) is 5.02 Å². The summed E-state index contributed by atoms with van der Waals surface area (Å²) in [7, 11) is 0. The summed E-state index contributed by atoms with van der Waals surface area (Å²) < 4.78 is 0. The van der Waals surface area contributed by atoms with E-state index in [0.29, 0.717) is 16.4 Å². The van der Waals surface area contributed by atoms with Gasteiger partial charge in [-0.15, -0.1) is 0 Å². The van der Waals surface area contributed by atoms with Gasteiger partial charge in [0.05, 0.1) is 5.56 Å². The standard InChI is InChI=1S/C14H12ClN3/c1-2-10-4-3-5-12(8-10)18-14-13(15)11(9-16)6-7-17-14/h3-8H,2H2,1H3,(H,17,18). The normalized spacial score (nSPS) is 9.83. The van der Waals surface area contributed by atoms with E-state index in [1.807, 2.05) is 24.3 Å². The predicted molar refractivity (Wildman–Crippen MR) is 73.1 cm³/mol. The summed E-state index contributed by atoms with van der Waals surface area (Å²) in [6, 6.07) is 11.6. The number of nitrogens with one attached hydrogen (secondary N) is 1. The summed E-state index contributed by atoms with van der Waals surface area (Å²) >= 11 is 6.08. The highest BCUT2D eigenvalue weighted by Crippen LogP contribution is 2.26. The number of anilines is 2. The van der Waals surface area contributed by atoms with Crippen LogP contribution in [0.25, 0.3) is 0 Å². The zero-order chi connectivity index (χ0) is 13.0. The third-order valence-electron chi connectivity index (χ3n) is 2.61. The Kier molecular flexibility index (Phi) is 3.81. The highest BCUT2D eigenvalue weighted by molar-refractivity contribution is 6.34. The number of halogens is 1. The molecule has 1 heterocycles. The maximum Gasteiger partial charge on any atom is 0.150 e. The van der Waals surface area contributed by atoms with Crippen LogP contribution in [0.3, 0.4) is 0 Å². The summed E-state index contributed by atoms with van der Waals surface area (Å²) in [4.78, 5) is 4.14. The minimum Gasteiger partial charge on any atom is -0.339 e. The van der Waals surface area contributed by atoms with Crippen molar-refractivity contribution in [1.29, 1.82) is 5.26 Å². The largest absolute Gasteiger partial charge is 0.339 e. The Balaban J connectivity index is 2.31. The molecule has 18 heavy (non-hydrogen) atoms. The van der Waals surface area contributed by atoms with E-state index in [1.165, 1.54) is 5.56 Å². The van der Waals surface area contributed by atoms with E-state index in [9.17, 15) is 0 Å². The van der Waals surface area contributed by atoms with Gasteiger partial charge in [-0.2, -0.15) is 5.26 Å². The first-order chi connectivity index (χ1) is 8.74. The minimum atomic E-state index is 0.349. The lowest BCUT2D eigenvalue weighted by Crippen LogP contribution is -1.96. The van der Waals surface area contributed by atoms with E-state index < -0.39 is 0 Å². The van der Waals surface area contributed by atoms with Crippen molar-refractivity contribution >= 4 is 23.1 Å². The molecule has 0 unspecified atom stereocenters. The molecule has 0 saturated heterocycles. The third kappa shape index (κ3) is 2.61. The molecule has 0 aliphatic rings. The van der Waals surface area contributed by atoms with Crippen LogP contribution in [0.15, 0.2) is 36.5 Å². The number of nitrogens with zero attached hydrogens (tertiary/aromatic N) is 2. The van der Waals surface area contributed by atoms with Gasteiger partial charge in [0.2, 0.25) is 0 Å². The van der Waals surface area contributed by atoms with Gasteiger partial charge in [-0.05, 0) is 30.2 Å². The van der Waals surface area contributed by atoms with Crippen molar-refractivity contribution in [2.75, 3.05) is 5.32 Å². The van der Waals surface area contributed by atoms with Gasteiger partial charge in [-0.25, -0.2) is 4.98 Å². The van der Waals surface area contributed by atoms with Crippen LogP contribution >= 0.6 is 11.6 Å². The van der Waals surface area contributed by atoms with Crippen molar-refractivity contribution in [2.24, 2.45) is 0 Å². The average molecular weight is 258 g/mol. The SMILES string of the molecule is CCc1cccc(Nc2nccc(C#N)c2Cl)c1. The number of nitriles is 1. The van der Waals surface area contributed by atoms with Gasteiger partial charge in [-0.1, -0.05) is 30.7 Å². The van der Waals surface area contributed by atoms with Crippen LogP contribution in [-0.4, -0.2) is 4.98 Å². The monoisotopic (exact) mass is 257 g/mol. The quantitative estimate of drug-likeness (QED) is 0.907. The second-order valence-electron chi connectivity index (χ2n) is 3.81. The molecule has 2 aromatic rings. The molecule has 0 spiro atoms. The number of pyridine rings is 1. The van der Waals surface area contributed by atoms with Crippen LogP contribution in [0.1, 0.15) is 18.1 Å². The third-order valence-corrected chi connectivity index (χ3v) is 2.99. The highest BCUT2D eigenvalue weighted by atomic mass is 35.5. The van der Waals surface area contributed by atoms with E-state index in [0.717, 1.165) is 12.1 Å². The molecule has 0 aliphatic heterocycles. The van der Waals surface area contributed by atoms with Crippen LogP contribution in [0.5, 0.6) is 0 Å². The number of rotatable bonds is 3. The topological polar surface area (TPSA) is 48.7 Å². The van der Waals surface area contributed by atoms with Crippen molar-refractivity contribution in [2.45, 2.75) is 13.3 Å². The molecule has 0 atom stereocenters. The Labute approximate surface area is 111 Å². The van der Waals surface area contributed by atoms with Crippen molar-refractivity contribution in [1.82, 2.24) is 4.98 Å². The second kappa shape index (κ2) is 5.52. The molecule has 0 aliphatic carbocycles. The zero-order valence-corrected chi connectivity index (χ0v) is 10.7. The van der Waals surface area contributed by atoms with E-state index in [1.54, 1.807) is 12.3 Å². The Morgan fingerprint density at radius 3 is 2.94 bits per heavy atom. The maximum absolute atomic E-state index is 8.90. The molecule has 0 saturated carbocycles. The molecule has 0 fully saturated rings. The lowest BCUT2D eigenvalue weighted by Gasteiger charge is -2.09. The van der Waals surface area contributed by atoms with Gasteiger partial charge < -0.3 is 5.32 Å². The summed E-state index contributed by atoms with van der Waals surface area (Å²) in [5.74, 6) is 0.504. The summed E-state index contributed by atoms with van der Waals surface area (Å²) in [6.45, 7) is 2.10. The fourth-order valence-electron chi connectivity index (χ4n) is 1.62. The Bertz CT molecular complexity index is 602. The van der Waals surface area contributed by atoms with Gasteiger partial charge in [0.25, 0.3) is 0 Å². The summed E-state index contributed by atoms with van der Waals surface area (Å²) in [5.41, 5.74) is 2.56. The first-order valence-corrected chi connectivity index (χ1v) is 6.03. The van der Waals surface area contributed by atoms with E-state index in [-0.39, 0.29) is 0 Å². The zero-order valence-electron chi connectivity index (χ0n) is 9.94. The lowest BCUT2D eigenvalue weighted by molar-refractivity contribution is 1.14. The molecular weight excluding hydrogens is 246 g/mol. The fourth-order valence-corrected chi connectivity index (χ4v) is 1.82.